The molecule has 1 amide bonds. The number of ether oxygens (including phenoxy) is 1. The average Bonchev–Trinajstić information content (AvgIpc) is 2.73. The summed E-state index contributed by atoms with van der Waals surface area (Å²) in [7, 11) is 4.08. The molecule has 0 fully saturated rings. The van der Waals surface area contributed by atoms with Gasteiger partial charge in [-0.25, -0.2) is 4.98 Å². The zero-order chi connectivity index (χ0) is 17.8. The van der Waals surface area contributed by atoms with Crippen LogP contribution in [0.3, 0.4) is 0 Å². The number of carbonyl (C=O) groups excluding carboxylic acids is 1. The molecule has 3 rings (SSSR count). The third kappa shape index (κ3) is 4.37. The summed E-state index contributed by atoms with van der Waals surface area (Å²) in [5.41, 5.74) is 2.88. The zero-order valence-electron chi connectivity index (χ0n) is 15.1. The Bertz CT molecular complexity index is 728. The van der Waals surface area contributed by atoms with Crippen LogP contribution in [0.5, 0.6) is 5.88 Å². The maximum atomic E-state index is 13.0. The van der Waals surface area contributed by atoms with Crippen LogP contribution in [-0.4, -0.2) is 54.0 Å². The number of aromatic nitrogens is 1. The van der Waals surface area contributed by atoms with E-state index in [4.69, 9.17) is 4.74 Å². The molecule has 132 valence electrons. The number of pyridine rings is 1. The van der Waals surface area contributed by atoms with Crippen LogP contribution in [0, 0.1) is 6.92 Å². The van der Waals surface area contributed by atoms with Crippen molar-refractivity contribution in [2.24, 2.45) is 0 Å². The molecule has 1 aliphatic rings. The highest BCUT2D eigenvalue weighted by molar-refractivity contribution is 5.96. The van der Waals surface area contributed by atoms with E-state index in [1.165, 1.54) is 5.56 Å². The first-order chi connectivity index (χ1) is 12.0. The van der Waals surface area contributed by atoms with Gasteiger partial charge < -0.3 is 14.5 Å². The Morgan fingerprint density at radius 2 is 2.00 bits per heavy atom. The van der Waals surface area contributed by atoms with Gasteiger partial charge in [0.15, 0.2) is 0 Å². The number of benzene rings is 1. The fourth-order valence-corrected chi connectivity index (χ4v) is 2.94. The van der Waals surface area contributed by atoms with Crippen molar-refractivity contribution >= 4 is 5.91 Å². The lowest BCUT2D eigenvalue weighted by molar-refractivity contribution is 0.0680. The smallest absolute Gasteiger partial charge is 0.259 e. The van der Waals surface area contributed by atoms with E-state index in [-0.39, 0.29) is 12.0 Å². The topological polar surface area (TPSA) is 45.7 Å². The van der Waals surface area contributed by atoms with E-state index in [1.54, 1.807) is 18.3 Å². The van der Waals surface area contributed by atoms with Crippen molar-refractivity contribution in [2.75, 3.05) is 27.2 Å². The second-order valence-corrected chi connectivity index (χ2v) is 6.86. The lowest BCUT2D eigenvalue weighted by Crippen LogP contribution is -2.37. The molecule has 1 aliphatic heterocycles. The zero-order valence-corrected chi connectivity index (χ0v) is 15.1. The van der Waals surface area contributed by atoms with E-state index in [0.717, 1.165) is 18.5 Å². The summed E-state index contributed by atoms with van der Waals surface area (Å²) < 4.78 is 6.06. The van der Waals surface area contributed by atoms with Gasteiger partial charge in [0, 0.05) is 19.3 Å². The normalized spacial score (nSPS) is 17.2. The highest BCUT2D eigenvalue weighted by Crippen LogP contribution is 2.24. The maximum Gasteiger partial charge on any atom is 0.259 e. The highest BCUT2D eigenvalue weighted by Gasteiger charge is 2.29. The van der Waals surface area contributed by atoms with Gasteiger partial charge >= 0.3 is 0 Å². The van der Waals surface area contributed by atoms with Crippen LogP contribution in [0.4, 0.5) is 0 Å². The first-order valence-electron chi connectivity index (χ1n) is 8.64. The Morgan fingerprint density at radius 3 is 2.72 bits per heavy atom. The van der Waals surface area contributed by atoms with E-state index >= 15 is 0 Å². The Morgan fingerprint density at radius 1 is 1.24 bits per heavy atom. The summed E-state index contributed by atoms with van der Waals surface area (Å²) in [5, 5.41) is 0. The maximum absolute atomic E-state index is 13.0. The van der Waals surface area contributed by atoms with Crippen LogP contribution >= 0.6 is 0 Å². The summed E-state index contributed by atoms with van der Waals surface area (Å²) in [6.45, 7) is 4.11. The standard InChI is InChI=1S/C20H25N3O2/c1-15-6-8-16(9-7-15)13-23-14-17(10-12-22(2)3)25-19-18(20(23)24)5-4-11-21-19/h4-9,11,17H,10,12-14H2,1-3H3. The number of hydrogen-bond donors (Lipinski definition) is 0. The molecule has 25 heavy (non-hydrogen) atoms. The molecule has 0 saturated carbocycles. The van der Waals surface area contributed by atoms with E-state index < -0.39 is 0 Å². The van der Waals surface area contributed by atoms with Gasteiger partial charge in [0.05, 0.1) is 6.54 Å². The van der Waals surface area contributed by atoms with Crippen molar-refractivity contribution < 1.29 is 9.53 Å². The molecule has 2 aromatic rings. The molecule has 1 atom stereocenters. The minimum absolute atomic E-state index is 0.0176. The number of nitrogens with zero attached hydrogens (tertiary/aromatic N) is 3. The second-order valence-electron chi connectivity index (χ2n) is 6.86. The number of rotatable bonds is 5. The van der Waals surface area contributed by atoms with Crippen LogP contribution in [0.1, 0.15) is 27.9 Å². The molecule has 5 nitrogen and oxygen atoms in total. The van der Waals surface area contributed by atoms with Gasteiger partial charge in [-0.05, 0) is 45.1 Å². The van der Waals surface area contributed by atoms with Crippen LogP contribution in [0.2, 0.25) is 0 Å². The molecule has 1 unspecified atom stereocenters. The summed E-state index contributed by atoms with van der Waals surface area (Å²) in [6, 6.07) is 11.9. The van der Waals surface area contributed by atoms with Crippen LogP contribution in [-0.2, 0) is 6.54 Å². The molecule has 0 N–H and O–H groups in total. The molecular weight excluding hydrogens is 314 g/mol. The van der Waals surface area contributed by atoms with Gasteiger partial charge in [-0.3, -0.25) is 4.79 Å². The summed E-state index contributed by atoms with van der Waals surface area (Å²) in [5.74, 6) is 0.429. The molecule has 1 aromatic carbocycles. The van der Waals surface area contributed by atoms with Gasteiger partial charge in [0.25, 0.3) is 5.91 Å². The summed E-state index contributed by atoms with van der Waals surface area (Å²) in [4.78, 5) is 21.3. The Hall–Kier alpha value is -2.40. The largest absolute Gasteiger partial charge is 0.472 e. The second kappa shape index (κ2) is 7.66. The molecule has 5 heteroatoms. The number of hydrogen-bond acceptors (Lipinski definition) is 4. The fourth-order valence-electron chi connectivity index (χ4n) is 2.94. The minimum Gasteiger partial charge on any atom is -0.472 e. The third-order valence-electron chi connectivity index (χ3n) is 4.38. The van der Waals surface area contributed by atoms with E-state index in [0.29, 0.717) is 24.5 Å². The van der Waals surface area contributed by atoms with Crippen molar-refractivity contribution in [3.63, 3.8) is 0 Å². The quantitative estimate of drug-likeness (QED) is 0.840. The van der Waals surface area contributed by atoms with Gasteiger partial charge in [0.2, 0.25) is 5.88 Å². The van der Waals surface area contributed by atoms with E-state index in [1.807, 2.05) is 19.0 Å². The Balaban J connectivity index is 1.84. The molecule has 0 radical (unpaired) electrons. The molecular formula is C20H25N3O2. The Labute approximate surface area is 149 Å². The van der Waals surface area contributed by atoms with Gasteiger partial charge in [-0.15, -0.1) is 0 Å². The first-order valence-corrected chi connectivity index (χ1v) is 8.64. The molecule has 2 heterocycles. The average molecular weight is 339 g/mol. The van der Waals surface area contributed by atoms with E-state index in [9.17, 15) is 4.79 Å². The molecule has 0 aliphatic carbocycles. The molecule has 0 saturated heterocycles. The van der Waals surface area contributed by atoms with Gasteiger partial charge in [-0.2, -0.15) is 0 Å². The third-order valence-corrected chi connectivity index (χ3v) is 4.38. The summed E-state index contributed by atoms with van der Waals surface area (Å²) >= 11 is 0. The SMILES string of the molecule is Cc1ccc(CN2CC(CCN(C)C)Oc3ncccc3C2=O)cc1. The Kier molecular flexibility index (Phi) is 5.34. The highest BCUT2D eigenvalue weighted by atomic mass is 16.5. The first kappa shape index (κ1) is 17.4. The minimum atomic E-state index is -0.0621. The van der Waals surface area contributed by atoms with Gasteiger partial charge in [-0.1, -0.05) is 29.8 Å². The van der Waals surface area contributed by atoms with Crippen molar-refractivity contribution in [3.8, 4) is 5.88 Å². The van der Waals surface area contributed by atoms with Crippen molar-refractivity contribution in [3.05, 3.63) is 59.3 Å². The van der Waals surface area contributed by atoms with Crippen molar-refractivity contribution in [2.45, 2.75) is 26.0 Å². The lowest BCUT2D eigenvalue weighted by atomic mass is 10.1. The number of fused-ring (bicyclic) bond motifs is 1. The number of aryl methyl sites for hydroxylation is 1. The van der Waals surface area contributed by atoms with Crippen LogP contribution in [0.25, 0.3) is 0 Å². The predicted octanol–water partition coefficient (Wildman–Crippen LogP) is 2.75. The number of carbonyl (C=O) groups is 1. The monoisotopic (exact) mass is 339 g/mol. The van der Waals surface area contributed by atoms with Crippen molar-refractivity contribution in [1.29, 1.82) is 0 Å². The van der Waals surface area contributed by atoms with Gasteiger partial charge in [0.1, 0.15) is 11.7 Å². The lowest BCUT2D eigenvalue weighted by Gasteiger charge is -2.25. The van der Waals surface area contributed by atoms with Crippen molar-refractivity contribution in [1.82, 2.24) is 14.8 Å². The number of amides is 1. The summed E-state index contributed by atoms with van der Waals surface area (Å²) in [6.07, 6.45) is 2.46. The van der Waals surface area contributed by atoms with E-state index in [2.05, 4.69) is 41.1 Å². The molecule has 0 spiro atoms. The van der Waals surface area contributed by atoms with Crippen LogP contribution in [0.15, 0.2) is 42.6 Å². The fraction of sp³-hybridized carbons (Fsp3) is 0.400. The predicted molar refractivity (Wildman–Crippen MR) is 97.7 cm³/mol. The molecule has 0 bridgehead atoms. The van der Waals surface area contributed by atoms with Crippen LogP contribution < -0.4 is 4.74 Å². The molecule has 1 aromatic heterocycles.